The van der Waals surface area contributed by atoms with Gasteiger partial charge in [0.2, 0.25) is 11.9 Å². The molecular formula is C124H80N8O2. The quantitative estimate of drug-likeness (QED) is 0.143. The van der Waals surface area contributed by atoms with E-state index in [9.17, 15) is 0 Å². The van der Waals surface area contributed by atoms with Crippen molar-refractivity contribution in [2.75, 3.05) is 0 Å². The Morgan fingerprint density at radius 3 is 0.918 bits per heavy atom. The van der Waals surface area contributed by atoms with Gasteiger partial charge in [-0.3, -0.25) is 9.13 Å². The van der Waals surface area contributed by atoms with E-state index in [0.29, 0.717) is 11.9 Å². The second-order valence-electron chi connectivity index (χ2n) is 37.1. The van der Waals surface area contributed by atoms with Crippen LogP contribution in [0.2, 0.25) is 0 Å². The van der Waals surface area contributed by atoms with E-state index in [2.05, 4.69) is 446 Å². The molecule has 0 radical (unpaired) electrons. The number of hydrogen-bond donors (Lipinski definition) is 0. The summed E-state index contributed by atoms with van der Waals surface area (Å²) >= 11 is 0. The fourth-order valence-corrected chi connectivity index (χ4v) is 22.6. The molecular weight excluding hydrogens is 1630 g/mol. The van der Waals surface area contributed by atoms with Crippen LogP contribution < -0.4 is 0 Å². The van der Waals surface area contributed by atoms with Gasteiger partial charge >= 0.3 is 0 Å². The number of nitrogens with zero attached hydrogens (tertiary/aromatic N) is 8. The van der Waals surface area contributed by atoms with Crippen LogP contribution in [0.5, 0.6) is 0 Å². The molecule has 0 saturated heterocycles. The largest absolute Gasteiger partial charge is 0.456 e. The van der Waals surface area contributed by atoms with Crippen LogP contribution in [-0.2, 0) is 10.8 Å². The molecule has 10 heteroatoms. The first-order chi connectivity index (χ1) is 65.9. The van der Waals surface area contributed by atoms with Gasteiger partial charge in [-0.05, 0) is 211 Å². The van der Waals surface area contributed by atoms with Crippen LogP contribution in [0.3, 0.4) is 0 Å². The molecule has 2 aliphatic rings. The predicted octanol–water partition coefficient (Wildman–Crippen LogP) is 32.4. The molecule has 134 heavy (non-hydrogen) atoms. The lowest BCUT2D eigenvalue weighted by molar-refractivity contribution is 0.661. The molecule has 29 rings (SSSR count). The third kappa shape index (κ3) is 11.3. The fraction of sp³-hybridized carbons (Fsp3) is 0.0484. The van der Waals surface area contributed by atoms with Crippen LogP contribution in [0, 0.1) is 0 Å². The molecule has 0 fully saturated rings. The zero-order chi connectivity index (χ0) is 88.5. The zero-order valence-electron chi connectivity index (χ0n) is 73.7. The maximum atomic E-state index is 6.45. The summed E-state index contributed by atoms with van der Waals surface area (Å²) < 4.78 is 22.2. The van der Waals surface area contributed by atoms with Crippen molar-refractivity contribution in [1.29, 1.82) is 0 Å². The average molecular weight is 1710 g/mol. The van der Waals surface area contributed by atoms with E-state index in [1.54, 1.807) is 0 Å². The van der Waals surface area contributed by atoms with Crippen molar-refractivity contribution in [3.05, 3.63) is 435 Å². The molecule has 628 valence electrons. The minimum Gasteiger partial charge on any atom is -0.456 e. The van der Waals surface area contributed by atoms with Crippen LogP contribution in [-0.4, -0.2) is 38.2 Å². The fourth-order valence-electron chi connectivity index (χ4n) is 22.6. The summed E-state index contributed by atoms with van der Waals surface area (Å²) in [6.45, 7) is 9.39. The normalized spacial score (nSPS) is 13.2. The molecule has 0 saturated carbocycles. The molecule has 27 aromatic rings. The molecule has 19 aromatic carbocycles. The van der Waals surface area contributed by atoms with E-state index in [-0.39, 0.29) is 10.8 Å². The Labute approximate surface area is 769 Å². The maximum absolute atomic E-state index is 6.45. The summed E-state index contributed by atoms with van der Waals surface area (Å²) in [5.41, 5.74) is 37.5. The first-order valence-electron chi connectivity index (χ1n) is 46.0. The van der Waals surface area contributed by atoms with Crippen molar-refractivity contribution < 1.29 is 8.83 Å². The minimum atomic E-state index is -0.189. The van der Waals surface area contributed by atoms with Crippen molar-refractivity contribution in [1.82, 2.24) is 38.2 Å². The highest BCUT2D eigenvalue weighted by molar-refractivity contribution is 6.22. The van der Waals surface area contributed by atoms with Gasteiger partial charge in [0, 0.05) is 121 Å². The summed E-state index contributed by atoms with van der Waals surface area (Å²) in [5, 5.41) is 16.0. The van der Waals surface area contributed by atoms with Gasteiger partial charge in [0.25, 0.3) is 0 Å². The van der Waals surface area contributed by atoms with Gasteiger partial charge < -0.3 is 18.0 Å². The van der Waals surface area contributed by atoms with Gasteiger partial charge in [-0.2, -0.15) is 0 Å². The van der Waals surface area contributed by atoms with Gasteiger partial charge in [-0.15, -0.1) is 0 Å². The summed E-state index contributed by atoms with van der Waals surface area (Å²) in [6, 6.07) is 149. The minimum absolute atomic E-state index is 0.172. The molecule has 0 atom stereocenters. The molecule has 0 aliphatic heterocycles. The van der Waals surface area contributed by atoms with Crippen molar-refractivity contribution in [2.24, 2.45) is 0 Å². The number of benzene rings is 19. The Morgan fingerprint density at radius 2 is 0.493 bits per heavy atom. The molecule has 0 N–H and O–H groups in total. The molecule has 0 spiro atoms. The highest BCUT2D eigenvalue weighted by Crippen LogP contribution is 2.55. The number of rotatable bonds is 9. The summed E-state index contributed by atoms with van der Waals surface area (Å²) in [6.07, 6.45) is 0. The first kappa shape index (κ1) is 75.6. The van der Waals surface area contributed by atoms with Crippen LogP contribution in [0.15, 0.2) is 421 Å². The van der Waals surface area contributed by atoms with Crippen molar-refractivity contribution in [3.63, 3.8) is 0 Å². The van der Waals surface area contributed by atoms with Crippen LogP contribution >= 0.6 is 0 Å². The van der Waals surface area contributed by atoms with E-state index in [1.807, 2.05) is 12.1 Å². The van der Waals surface area contributed by atoms with E-state index in [0.717, 1.165) is 177 Å². The lowest BCUT2D eigenvalue weighted by Gasteiger charge is -2.21. The molecule has 8 heterocycles. The van der Waals surface area contributed by atoms with Gasteiger partial charge in [-0.1, -0.05) is 295 Å². The Kier molecular flexibility index (Phi) is 16.1. The molecule has 10 nitrogen and oxygen atoms in total. The van der Waals surface area contributed by atoms with Crippen LogP contribution in [0.1, 0.15) is 49.9 Å². The van der Waals surface area contributed by atoms with E-state index >= 15 is 0 Å². The topological polar surface area (TPSA) is 97.6 Å². The van der Waals surface area contributed by atoms with Gasteiger partial charge in [0.1, 0.15) is 22.3 Å². The average Bonchev–Trinajstić information content (AvgIpc) is 1.56. The molecule has 2 aliphatic carbocycles. The summed E-state index contributed by atoms with van der Waals surface area (Å²) in [4.78, 5) is 21.7. The predicted molar refractivity (Wildman–Crippen MR) is 553 cm³/mol. The van der Waals surface area contributed by atoms with Gasteiger partial charge in [0.15, 0.2) is 0 Å². The Balaban J connectivity index is 0.000000134. The number of fused-ring (bicyclic) bond motifs is 26. The van der Waals surface area contributed by atoms with Crippen molar-refractivity contribution in [2.45, 2.75) is 38.5 Å². The first-order valence-corrected chi connectivity index (χ1v) is 46.0. The maximum Gasteiger partial charge on any atom is 0.235 e. The number of aromatic nitrogens is 8. The third-order valence-corrected chi connectivity index (χ3v) is 29.1. The highest BCUT2D eigenvalue weighted by atomic mass is 16.3. The summed E-state index contributed by atoms with van der Waals surface area (Å²) in [5.74, 6) is 1.31. The Morgan fingerprint density at radius 1 is 0.187 bits per heavy atom. The Hall–Kier alpha value is -17.3. The van der Waals surface area contributed by atoms with Crippen LogP contribution in [0.25, 0.3) is 254 Å². The van der Waals surface area contributed by atoms with Crippen LogP contribution in [0.4, 0.5) is 0 Å². The second kappa shape index (κ2) is 28.6. The molecule has 8 aromatic heterocycles. The lowest BCUT2D eigenvalue weighted by atomic mass is 9.82. The second-order valence-corrected chi connectivity index (χ2v) is 37.1. The SMILES string of the molecule is CC1(C)c2ccccc2-c2cc3c4cc(-c5ccc6c(c5)c5cc7c(cc5n6-c5ccccc5)oc5ccccc57)ccc4n(-c4nc(-c5ccc(-c6ccccc6)cc5)c5ccccc5n4)c3cc21.CC1(C)c2ccccc2-c2cc3c4cc(-c5ccc6c(c5)c5cc7c(cc5n6-c5ccccc5)oc5ccccc57)ccc4n(-c4nc(-c5ccccc5)c5ccccc5n4)c3cc21. The monoisotopic (exact) mass is 1710 g/mol. The highest BCUT2D eigenvalue weighted by Gasteiger charge is 2.39. The van der Waals surface area contributed by atoms with E-state index in [4.69, 9.17) is 28.8 Å². The van der Waals surface area contributed by atoms with Gasteiger partial charge in [0.05, 0.1) is 66.6 Å². The van der Waals surface area contributed by atoms with E-state index < -0.39 is 0 Å². The smallest absolute Gasteiger partial charge is 0.235 e. The molecule has 0 amide bonds. The standard InChI is InChI=1S/C65H42N4O.C59H38N4O/c1-65(2)54-22-12-9-19-45(54)48-35-51-50-34-43(42-29-31-57-49(33-42)52-36-53-46-20-11-14-24-61(46)70-62(53)38-60(52)68(57)44-17-7-4-8-18-44)30-32-58(50)69(59(51)37-55(48)65)64-66-56-23-13-10-21-47(56)63(67-64)41-27-25-40(26-28-41)39-15-5-3-6-16-39;1-59(2)48-22-12-9-19-39(48)42-31-45-44-30-37(26-28-52(44)63(53(45)33-49(42)59)58-60-50-23-13-10-21-41(50)57(61-58)35-15-5-3-6-16-35)36-25-27-51-43(29-36)46-32-47-40-20-11-14-24-55(40)64-56(47)34-54(46)62(51)38-17-7-4-8-18-38/h3-38H,1-2H3;3-34H,1-2H3. The van der Waals surface area contributed by atoms with Crippen molar-refractivity contribution >= 4 is 153 Å². The zero-order valence-corrected chi connectivity index (χ0v) is 73.7. The number of furan rings is 2. The van der Waals surface area contributed by atoms with Crippen molar-refractivity contribution in [3.8, 4) is 101 Å². The molecule has 0 bridgehead atoms. The van der Waals surface area contributed by atoms with E-state index in [1.165, 1.54) is 88.0 Å². The third-order valence-electron chi connectivity index (χ3n) is 29.1. The number of hydrogen-bond acceptors (Lipinski definition) is 6. The Bertz CT molecular complexity index is 9690. The number of para-hydroxylation sites is 6. The summed E-state index contributed by atoms with van der Waals surface area (Å²) in [7, 11) is 0. The lowest BCUT2D eigenvalue weighted by Crippen LogP contribution is -2.15. The molecule has 0 unspecified atom stereocenters. The van der Waals surface area contributed by atoms with Gasteiger partial charge in [-0.25, -0.2) is 19.9 Å².